The molecular weight excluding hydrogens is 118 g/mol. The Morgan fingerprint density at radius 3 is 2.67 bits per heavy atom. The predicted octanol–water partition coefficient (Wildman–Crippen LogP) is 0.893. The smallest absolute Gasteiger partial charge is 0.407 e. The average Bonchev–Trinajstić information content (AvgIpc) is 2.10. The minimum atomic E-state index is -0.283. The van der Waals surface area contributed by atoms with E-state index in [1.54, 1.807) is 0 Å². The molecule has 3 heteroatoms. The number of carbonyl (C=O) groups excluding carboxylic acids is 1. The highest BCUT2D eigenvalue weighted by Crippen LogP contribution is 2.10. The van der Waals surface area contributed by atoms with Crippen molar-refractivity contribution in [3.05, 3.63) is 0 Å². The second-order valence-electron chi connectivity index (χ2n) is 2.29. The van der Waals surface area contributed by atoms with Crippen molar-refractivity contribution in [2.75, 3.05) is 0 Å². The van der Waals surface area contributed by atoms with Crippen molar-refractivity contribution in [3.63, 3.8) is 0 Å². The minimum Gasteiger partial charge on any atom is -0.444 e. The molecular formula is C6H11NO2. The first kappa shape index (κ1) is 6.39. The number of cyclic esters (lactones) is 1. The van der Waals surface area contributed by atoms with Gasteiger partial charge in [-0.1, -0.05) is 6.92 Å². The molecule has 1 aliphatic heterocycles. The van der Waals surface area contributed by atoms with Crippen LogP contribution in [0.3, 0.4) is 0 Å². The van der Waals surface area contributed by atoms with E-state index in [2.05, 4.69) is 5.32 Å². The molecule has 0 aromatic heterocycles. The lowest BCUT2D eigenvalue weighted by molar-refractivity contribution is 0.131. The van der Waals surface area contributed by atoms with Crippen molar-refractivity contribution >= 4 is 6.09 Å². The van der Waals surface area contributed by atoms with E-state index >= 15 is 0 Å². The molecule has 0 spiro atoms. The van der Waals surface area contributed by atoms with Crippen molar-refractivity contribution < 1.29 is 9.53 Å². The van der Waals surface area contributed by atoms with Gasteiger partial charge in [0, 0.05) is 0 Å². The van der Waals surface area contributed by atoms with Gasteiger partial charge in [0.15, 0.2) is 0 Å². The van der Waals surface area contributed by atoms with Gasteiger partial charge in [-0.05, 0) is 13.3 Å². The highest BCUT2D eigenvalue weighted by molar-refractivity contribution is 5.70. The van der Waals surface area contributed by atoms with Crippen LogP contribution in [0.25, 0.3) is 0 Å². The number of ether oxygens (including phenoxy) is 1. The second kappa shape index (κ2) is 2.25. The molecule has 1 rings (SSSR count). The monoisotopic (exact) mass is 129 g/mol. The van der Waals surface area contributed by atoms with Gasteiger partial charge in [-0.25, -0.2) is 4.79 Å². The summed E-state index contributed by atoms with van der Waals surface area (Å²) in [5.41, 5.74) is 0. The molecule has 1 fully saturated rings. The standard InChI is InChI=1S/C6H11NO2/c1-3-5-4(2)7-6(8)9-5/h4-5H,3H2,1-2H3,(H,7,8)/t4-,5?/m1/s1. The van der Waals surface area contributed by atoms with Crippen LogP contribution in [0.4, 0.5) is 4.79 Å². The SMILES string of the molecule is CCC1OC(=O)N[C@@H]1C. The maximum absolute atomic E-state index is 10.5. The summed E-state index contributed by atoms with van der Waals surface area (Å²) in [5, 5.41) is 2.66. The first-order chi connectivity index (χ1) is 4.24. The molecule has 0 bridgehead atoms. The first-order valence-electron chi connectivity index (χ1n) is 3.21. The maximum atomic E-state index is 10.5. The summed E-state index contributed by atoms with van der Waals surface area (Å²) in [7, 11) is 0. The van der Waals surface area contributed by atoms with Gasteiger partial charge in [-0.15, -0.1) is 0 Å². The van der Waals surface area contributed by atoms with Gasteiger partial charge in [0.1, 0.15) is 6.10 Å². The van der Waals surface area contributed by atoms with Gasteiger partial charge in [0.25, 0.3) is 0 Å². The van der Waals surface area contributed by atoms with Crippen molar-refractivity contribution in [1.29, 1.82) is 0 Å². The number of amides is 1. The Morgan fingerprint density at radius 1 is 1.78 bits per heavy atom. The molecule has 0 aromatic rings. The predicted molar refractivity (Wildman–Crippen MR) is 33.2 cm³/mol. The summed E-state index contributed by atoms with van der Waals surface area (Å²) in [4.78, 5) is 10.5. The zero-order valence-electron chi connectivity index (χ0n) is 5.68. The molecule has 0 aliphatic carbocycles. The summed E-state index contributed by atoms with van der Waals surface area (Å²) < 4.78 is 4.87. The van der Waals surface area contributed by atoms with Crippen LogP contribution in [0.1, 0.15) is 20.3 Å². The Hall–Kier alpha value is -0.730. The Kier molecular flexibility index (Phi) is 1.60. The van der Waals surface area contributed by atoms with Crippen LogP contribution in [-0.4, -0.2) is 18.2 Å². The minimum absolute atomic E-state index is 0.0810. The van der Waals surface area contributed by atoms with Crippen LogP contribution >= 0.6 is 0 Å². The summed E-state index contributed by atoms with van der Waals surface area (Å²) in [6.45, 7) is 3.94. The van der Waals surface area contributed by atoms with Crippen LogP contribution in [0.2, 0.25) is 0 Å². The number of hydrogen-bond acceptors (Lipinski definition) is 2. The third-order valence-corrected chi connectivity index (χ3v) is 1.56. The van der Waals surface area contributed by atoms with Crippen molar-refractivity contribution in [2.45, 2.75) is 32.4 Å². The van der Waals surface area contributed by atoms with E-state index in [1.807, 2.05) is 13.8 Å². The lowest BCUT2D eigenvalue weighted by atomic mass is 10.1. The number of rotatable bonds is 1. The summed E-state index contributed by atoms with van der Waals surface area (Å²) in [6.07, 6.45) is 0.687. The quantitative estimate of drug-likeness (QED) is 0.571. The molecule has 3 nitrogen and oxygen atoms in total. The molecule has 1 heterocycles. The third-order valence-electron chi connectivity index (χ3n) is 1.56. The number of carbonyl (C=O) groups is 1. The Labute approximate surface area is 54.4 Å². The van der Waals surface area contributed by atoms with Gasteiger partial charge in [-0.3, -0.25) is 0 Å². The largest absolute Gasteiger partial charge is 0.444 e. The first-order valence-corrected chi connectivity index (χ1v) is 3.21. The fourth-order valence-electron chi connectivity index (χ4n) is 0.989. The van der Waals surface area contributed by atoms with Gasteiger partial charge in [-0.2, -0.15) is 0 Å². The van der Waals surface area contributed by atoms with Gasteiger partial charge >= 0.3 is 6.09 Å². The molecule has 52 valence electrons. The fourth-order valence-corrected chi connectivity index (χ4v) is 0.989. The maximum Gasteiger partial charge on any atom is 0.407 e. The lowest BCUT2D eigenvalue weighted by Crippen LogP contribution is -2.27. The van der Waals surface area contributed by atoms with Gasteiger partial charge in [0.05, 0.1) is 6.04 Å². The zero-order valence-corrected chi connectivity index (χ0v) is 5.68. The van der Waals surface area contributed by atoms with Crippen molar-refractivity contribution in [1.82, 2.24) is 5.32 Å². The Morgan fingerprint density at radius 2 is 2.44 bits per heavy atom. The number of hydrogen-bond donors (Lipinski definition) is 1. The second-order valence-corrected chi connectivity index (χ2v) is 2.29. The van der Waals surface area contributed by atoms with E-state index in [9.17, 15) is 4.79 Å². The van der Waals surface area contributed by atoms with E-state index in [-0.39, 0.29) is 18.2 Å². The molecule has 1 saturated heterocycles. The van der Waals surface area contributed by atoms with Crippen molar-refractivity contribution in [2.24, 2.45) is 0 Å². The number of alkyl carbamates (subject to hydrolysis) is 1. The lowest BCUT2D eigenvalue weighted by Gasteiger charge is -2.07. The zero-order chi connectivity index (χ0) is 6.85. The van der Waals surface area contributed by atoms with Crippen molar-refractivity contribution in [3.8, 4) is 0 Å². The Balaban J connectivity index is 2.47. The molecule has 1 amide bonds. The van der Waals surface area contributed by atoms with E-state index in [0.29, 0.717) is 0 Å². The fraction of sp³-hybridized carbons (Fsp3) is 0.833. The van der Waals surface area contributed by atoms with Gasteiger partial charge < -0.3 is 10.1 Å². The summed E-state index contributed by atoms with van der Waals surface area (Å²) in [6, 6.07) is 0.183. The molecule has 1 N–H and O–H groups in total. The topological polar surface area (TPSA) is 38.3 Å². The normalized spacial score (nSPS) is 33.8. The van der Waals surface area contributed by atoms with E-state index in [4.69, 9.17) is 4.74 Å². The molecule has 1 unspecified atom stereocenters. The molecule has 9 heavy (non-hydrogen) atoms. The van der Waals surface area contributed by atoms with E-state index in [0.717, 1.165) is 6.42 Å². The summed E-state index contributed by atoms with van der Waals surface area (Å²) >= 11 is 0. The molecule has 1 aliphatic rings. The van der Waals surface area contributed by atoms with Crippen LogP contribution < -0.4 is 5.32 Å². The average molecular weight is 129 g/mol. The summed E-state index contributed by atoms with van der Waals surface area (Å²) in [5.74, 6) is 0. The number of nitrogens with one attached hydrogen (secondary N) is 1. The molecule has 0 radical (unpaired) electrons. The molecule has 2 atom stereocenters. The van der Waals surface area contributed by atoms with Crippen LogP contribution in [0.5, 0.6) is 0 Å². The molecule has 0 aromatic carbocycles. The van der Waals surface area contributed by atoms with Crippen LogP contribution in [0.15, 0.2) is 0 Å². The highest BCUT2D eigenvalue weighted by Gasteiger charge is 2.28. The molecule has 0 saturated carbocycles. The van der Waals surface area contributed by atoms with Crippen LogP contribution in [-0.2, 0) is 4.74 Å². The van der Waals surface area contributed by atoms with Gasteiger partial charge in [0.2, 0.25) is 0 Å². The highest BCUT2D eigenvalue weighted by atomic mass is 16.6. The van der Waals surface area contributed by atoms with E-state index < -0.39 is 0 Å². The van der Waals surface area contributed by atoms with E-state index in [1.165, 1.54) is 0 Å². The Bertz CT molecular complexity index is 124. The van der Waals surface area contributed by atoms with Crippen LogP contribution in [0, 0.1) is 0 Å². The third kappa shape index (κ3) is 1.15.